The summed E-state index contributed by atoms with van der Waals surface area (Å²) in [4.78, 5) is 24.9. The second-order valence-electron chi connectivity index (χ2n) is 6.05. The Morgan fingerprint density at radius 2 is 2.20 bits per heavy atom. The van der Waals surface area contributed by atoms with E-state index in [9.17, 15) is 14.9 Å². The molecule has 0 spiro atoms. The number of carbonyl (C=O) groups is 1. The number of nitrogens with zero attached hydrogens (tertiary/aromatic N) is 2. The highest BCUT2D eigenvalue weighted by Crippen LogP contribution is 2.27. The summed E-state index contributed by atoms with van der Waals surface area (Å²) in [5.74, 6) is 1.51. The molecule has 0 saturated carbocycles. The van der Waals surface area contributed by atoms with E-state index in [0.717, 1.165) is 17.1 Å². The van der Waals surface area contributed by atoms with Gasteiger partial charge in [0.25, 0.3) is 5.69 Å². The lowest BCUT2D eigenvalue weighted by Crippen LogP contribution is -2.43. The monoisotopic (exact) mass is 344 g/mol. The predicted molar refractivity (Wildman–Crippen MR) is 90.1 cm³/mol. The van der Waals surface area contributed by atoms with E-state index in [1.807, 2.05) is 19.1 Å². The third-order valence-electron chi connectivity index (χ3n) is 4.29. The Kier molecular flexibility index (Phi) is 5.14. The average Bonchev–Trinajstić information content (AvgIpc) is 3.06. The molecule has 2 heterocycles. The third kappa shape index (κ3) is 4.06. The Balaban J connectivity index is 1.66. The zero-order valence-electron chi connectivity index (χ0n) is 14.0. The van der Waals surface area contributed by atoms with Crippen LogP contribution in [0.25, 0.3) is 0 Å². The van der Waals surface area contributed by atoms with Crippen LogP contribution in [0, 0.1) is 17.0 Å². The molecule has 0 aliphatic carbocycles. The van der Waals surface area contributed by atoms with Crippen LogP contribution in [-0.2, 0) is 16.0 Å². The van der Waals surface area contributed by atoms with Gasteiger partial charge in [-0.15, -0.1) is 0 Å². The fourth-order valence-corrected chi connectivity index (χ4v) is 2.99. The van der Waals surface area contributed by atoms with Crippen LogP contribution in [0.15, 0.2) is 40.8 Å². The highest BCUT2D eigenvalue weighted by atomic mass is 16.6. The molecule has 0 unspecified atom stereocenters. The molecule has 1 aromatic carbocycles. The minimum Gasteiger partial charge on any atom is -0.464 e. The maximum absolute atomic E-state index is 12.7. The number of carbonyl (C=O) groups excluding carboxylic acids is 1. The van der Waals surface area contributed by atoms with E-state index in [4.69, 9.17) is 9.15 Å². The molecule has 1 atom stereocenters. The molecule has 0 bridgehead atoms. The van der Waals surface area contributed by atoms with Gasteiger partial charge < -0.3 is 14.1 Å². The van der Waals surface area contributed by atoms with Crippen molar-refractivity contribution < 1.29 is 18.9 Å². The quantitative estimate of drug-likeness (QED) is 0.615. The summed E-state index contributed by atoms with van der Waals surface area (Å²) in [5, 5.41) is 10.8. The molecule has 1 aromatic heterocycles. The molecule has 1 aliphatic heterocycles. The highest BCUT2D eigenvalue weighted by molar-refractivity contribution is 5.77. The van der Waals surface area contributed by atoms with Crippen LogP contribution in [0.1, 0.15) is 29.5 Å². The first-order valence-electron chi connectivity index (χ1n) is 8.21. The molecule has 132 valence electrons. The van der Waals surface area contributed by atoms with Crippen molar-refractivity contribution in [3.63, 3.8) is 0 Å². The largest absolute Gasteiger partial charge is 0.464 e. The maximum Gasteiger partial charge on any atom is 0.269 e. The Hall–Kier alpha value is -2.67. The van der Waals surface area contributed by atoms with E-state index in [1.165, 1.54) is 12.1 Å². The van der Waals surface area contributed by atoms with Crippen molar-refractivity contribution in [1.29, 1.82) is 0 Å². The van der Waals surface area contributed by atoms with Gasteiger partial charge >= 0.3 is 0 Å². The maximum atomic E-state index is 12.7. The SMILES string of the molecule is Cc1ccc([C@H]2COCCN2C(=O)CCc2cccc([N+](=O)[O-])c2)o1. The van der Waals surface area contributed by atoms with Gasteiger partial charge in [-0.05, 0) is 31.0 Å². The molecular formula is C18H20N2O5. The van der Waals surface area contributed by atoms with Gasteiger partial charge in [0.1, 0.15) is 17.6 Å². The average molecular weight is 344 g/mol. The second-order valence-corrected chi connectivity index (χ2v) is 6.05. The minimum absolute atomic E-state index is 0.00569. The number of ether oxygens (including phenoxy) is 1. The van der Waals surface area contributed by atoms with Gasteiger partial charge in [-0.2, -0.15) is 0 Å². The summed E-state index contributed by atoms with van der Waals surface area (Å²) in [5.41, 5.74) is 0.821. The molecule has 1 saturated heterocycles. The highest BCUT2D eigenvalue weighted by Gasteiger charge is 2.30. The molecule has 0 N–H and O–H groups in total. The molecule has 7 heteroatoms. The van der Waals surface area contributed by atoms with Crippen molar-refractivity contribution in [2.45, 2.75) is 25.8 Å². The number of benzene rings is 1. The standard InChI is InChI=1S/C18H20N2O5/c1-13-5-7-17(25-13)16-12-24-10-9-19(16)18(21)8-6-14-3-2-4-15(11-14)20(22)23/h2-5,7,11,16H,6,8-10,12H2,1H3/t16-/m1/s1. The van der Waals surface area contributed by atoms with Crippen LogP contribution in [0.2, 0.25) is 0 Å². The number of nitro benzene ring substituents is 1. The number of furan rings is 1. The van der Waals surface area contributed by atoms with Crippen LogP contribution in [0.4, 0.5) is 5.69 Å². The molecule has 1 amide bonds. The molecule has 25 heavy (non-hydrogen) atoms. The Morgan fingerprint density at radius 1 is 1.36 bits per heavy atom. The van der Waals surface area contributed by atoms with E-state index in [0.29, 0.717) is 26.2 Å². The molecule has 3 rings (SSSR count). The van der Waals surface area contributed by atoms with E-state index in [1.54, 1.807) is 17.0 Å². The number of hydrogen-bond donors (Lipinski definition) is 0. The van der Waals surface area contributed by atoms with Gasteiger partial charge in [-0.25, -0.2) is 0 Å². The van der Waals surface area contributed by atoms with Crippen LogP contribution in [-0.4, -0.2) is 35.5 Å². The molecule has 1 fully saturated rings. The topological polar surface area (TPSA) is 85.8 Å². The number of non-ortho nitro benzene ring substituents is 1. The van der Waals surface area contributed by atoms with Crippen molar-refractivity contribution in [2.75, 3.05) is 19.8 Å². The van der Waals surface area contributed by atoms with Crippen molar-refractivity contribution in [3.05, 3.63) is 63.6 Å². The van der Waals surface area contributed by atoms with Crippen molar-refractivity contribution in [2.24, 2.45) is 0 Å². The lowest BCUT2D eigenvalue weighted by atomic mass is 10.1. The summed E-state index contributed by atoms with van der Waals surface area (Å²) in [6.45, 7) is 3.29. The normalized spacial score (nSPS) is 17.5. The number of rotatable bonds is 5. The summed E-state index contributed by atoms with van der Waals surface area (Å²) < 4.78 is 11.2. The van der Waals surface area contributed by atoms with Crippen LogP contribution in [0.5, 0.6) is 0 Å². The molecular weight excluding hydrogens is 324 g/mol. The van der Waals surface area contributed by atoms with E-state index >= 15 is 0 Å². The summed E-state index contributed by atoms with van der Waals surface area (Å²) in [6, 6.07) is 9.92. The molecule has 2 aromatic rings. The van der Waals surface area contributed by atoms with Gasteiger partial charge in [0.2, 0.25) is 5.91 Å². The zero-order valence-corrected chi connectivity index (χ0v) is 14.0. The summed E-state index contributed by atoms with van der Waals surface area (Å²) in [6.07, 6.45) is 0.749. The van der Waals surface area contributed by atoms with Gasteiger partial charge in [0.15, 0.2) is 0 Å². The predicted octanol–water partition coefficient (Wildman–Crippen LogP) is 3.03. The van der Waals surface area contributed by atoms with Crippen LogP contribution in [0.3, 0.4) is 0 Å². The molecule has 0 radical (unpaired) electrons. The van der Waals surface area contributed by atoms with Crippen LogP contribution >= 0.6 is 0 Å². The fraction of sp³-hybridized carbons (Fsp3) is 0.389. The second kappa shape index (κ2) is 7.48. The molecule has 7 nitrogen and oxygen atoms in total. The first-order chi connectivity index (χ1) is 12.0. The fourth-order valence-electron chi connectivity index (χ4n) is 2.99. The van der Waals surface area contributed by atoms with E-state index in [2.05, 4.69) is 0 Å². The Morgan fingerprint density at radius 3 is 2.92 bits per heavy atom. The third-order valence-corrected chi connectivity index (χ3v) is 4.29. The number of hydrogen-bond acceptors (Lipinski definition) is 5. The number of amides is 1. The first-order valence-corrected chi connectivity index (χ1v) is 8.21. The molecule has 1 aliphatic rings. The Labute approximate surface area is 145 Å². The van der Waals surface area contributed by atoms with Gasteiger partial charge in [-0.1, -0.05) is 12.1 Å². The number of morpholine rings is 1. The number of nitro groups is 1. The minimum atomic E-state index is -0.428. The van der Waals surface area contributed by atoms with Crippen molar-refractivity contribution in [1.82, 2.24) is 4.90 Å². The van der Waals surface area contributed by atoms with Gasteiger partial charge in [0.05, 0.1) is 18.1 Å². The van der Waals surface area contributed by atoms with E-state index < -0.39 is 4.92 Å². The lowest BCUT2D eigenvalue weighted by Gasteiger charge is -2.34. The Bertz CT molecular complexity index is 770. The smallest absolute Gasteiger partial charge is 0.269 e. The summed E-state index contributed by atoms with van der Waals surface area (Å²) >= 11 is 0. The van der Waals surface area contributed by atoms with Crippen molar-refractivity contribution >= 4 is 11.6 Å². The first kappa shape index (κ1) is 17.2. The van der Waals surface area contributed by atoms with Gasteiger partial charge in [0, 0.05) is 25.1 Å². The lowest BCUT2D eigenvalue weighted by molar-refractivity contribution is -0.384. The number of aryl methyl sites for hydroxylation is 2. The van der Waals surface area contributed by atoms with Crippen molar-refractivity contribution in [3.8, 4) is 0 Å². The van der Waals surface area contributed by atoms with E-state index in [-0.39, 0.29) is 24.1 Å². The zero-order chi connectivity index (χ0) is 17.8. The van der Waals surface area contributed by atoms with Gasteiger partial charge in [-0.3, -0.25) is 14.9 Å². The van der Waals surface area contributed by atoms with Crippen LogP contribution < -0.4 is 0 Å². The summed E-state index contributed by atoms with van der Waals surface area (Å²) in [7, 11) is 0.